The number of nitrogens with zero attached hydrogens (tertiary/aromatic N) is 2. The molecule has 0 radical (unpaired) electrons. The van der Waals surface area contributed by atoms with E-state index < -0.39 is 0 Å². The molecule has 0 N–H and O–H groups in total. The molecular formula is C51H46N2. The fourth-order valence-electron chi connectivity index (χ4n) is 7.94. The molecule has 0 saturated heterocycles. The lowest BCUT2D eigenvalue weighted by Crippen LogP contribution is -2.13. The monoisotopic (exact) mass is 686 g/mol. The topological polar surface area (TPSA) is 6.48 Å². The quantitative estimate of drug-likeness (QED) is 0.149. The van der Waals surface area contributed by atoms with E-state index in [4.69, 9.17) is 0 Å². The van der Waals surface area contributed by atoms with Gasteiger partial charge in [0, 0.05) is 33.5 Å². The zero-order chi connectivity index (χ0) is 36.5. The molecule has 8 rings (SSSR count). The first kappa shape index (κ1) is 34.0. The normalized spacial score (nSPS) is 11.9. The van der Waals surface area contributed by atoms with E-state index in [1.165, 1.54) is 83.4 Å². The lowest BCUT2D eigenvalue weighted by atomic mass is 9.93. The van der Waals surface area contributed by atoms with E-state index >= 15 is 0 Å². The SMILES string of the molecule is CCC(C)c1ccc(N(c2ccc(-c3ccc(N(c4ccccc4)c4cccc5ccccc45)c(C)c3)cc2C)c2cccc3ccccc23)cc1C. The molecule has 0 saturated carbocycles. The Labute approximate surface area is 314 Å². The number of aryl methyl sites for hydroxylation is 3. The van der Waals surface area contributed by atoms with E-state index in [0.29, 0.717) is 5.92 Å². The summed E-state index contributed by atoms with van der Waals surface area (Å²) in [5.74, 6) is 0.526. The summed E-state index contributed by atoms with van der Waals surface area (Å²) < 4.78 is 0. The Kier molecular flexibility index (Phi) is 9.29. The molecule has 0 fully saturated rings. The predicted octanol–water partition coefficient (Wildman–Crippen LogP) is 15.0. The molecule has 0 aliphatic heterocycles. The van der Waals surface area contributed by atoms with E-state index in [1.54, 1.807) is 0 Å². The van der Waals surface area contributed by atoms with Crippen LogP contribution in [0.5, 0.6) is 0 Å². The summed E-state index contributed by atoms with van der Waals surface area (Å²) >= 11 is 0. The number of anilines is 6. The van der Waals surface area contributed by atoms with Gasteiger partial charge in [-0.1, -0.05) is 123 Å². The Balaban J connectivity index is 1.21. The van der Waals surface area contributed by atoms with Crippen molar-refractivity contribution in [1.82, 2.24) is 0 Å². The highest BCUT2D eigenvalue weighted by Crippen LogP contribution is 2.44. The first-order valence-electron chi connectivity index (χ1n) is 18.8. The molecule has 0 bridgehead atoms. The van der Waals surface area contributed by atoms with Crippen molar-refractivity contribution in [1.29, 1.82) is 0 Å². The van der Waals surface area contributed by atoms with Crippen molar-refractivity contribution in [3.05, 3.63) is 192 Å². The fraction of sp³-hybridized carbons (Fsp3) is 0.137. The largest absolute Gasteiger partial charge is 0.310 e. The number of fused-ring (bicyclic) bond motifs is 2. The van der Waals surface area contributed by atoms with Crippen molar-refractivity contribution < 1.29 is 0 Å². The van der Waals surface area contributed by atoms with Crippen LogP contribution in [0.4, 0.5) is 34.1 Å². The summed E-state index contributed by atoms with van der Waals surface area (Å²) in [5, 5.41) is 4.94. The second-order valence-corrected chi connectivity index (χ2v) is 14.4. The fourth-order valence-corrected chi connectivity index (χ4v) is 7.94. The maximum absolute atomic E-state index is 2.45. The van der Waals surface area contributed by atoms with Crippen LogP contribution in [0.2, 0.25) is 0 Å². The summed E-state index contributed by atoms with van der Waals surface area (Å²) in [5.41, 5.74) is 14.6. The molecule has 0 amide bonds. The van der Waals surface area contributed by atoms with Crippen LogP contribution in [0.1, 0.15) is 48.4 Å². The molecule has 0 spiro atoms. The Hall–Kier alpha value is -6.12. The molecule has 0 aliphatic carbocycles. The average Bonchev–Trinajstić information content (AvgIpc) is 3.19. The Morgan fingerprint density at radius 3 is 1.42 bits per heavy atom. The minimum Gasteiger partial charge on any atom is -0.310 e. The molecule has 260 valence electrons. The number of hydrogen-bond acceptors (Lipinski definition) is 2. The van der Waals surface area contributed by atoms with Gasteiger partial charge in [0.25, 0.3) is 0 Å². The molecule has 1 unspecified atom stereocenters. The summed E-state index contributed by atoms with van der Waals surface area (Å²) in [6, 6.07) is 62.1. The van der Waals surface area contributed by atoms with E-state index in [1.807, 2.05) is 0 Å². The molecule has 0 aromatic heterocycles. The Morgan fingerprint density at radius 1 is 0.415 bits per heavy atom. The van der Waals surface area contributed by atoms with Gasteiger partial charge in [0.15, 0.2) is 0 Å². The number of hydrogen-bond donors (Lipinski definition) is 0. The number of rotatable bonds is 9. The molecule has 8 aromatic rings. The standard InChI is InChI=1S/C51H46N2/c1-6-35(2)45-29-28-44(34-36(45)3)53(51-25-15-19-40-17-11-13-23-47(40)51)49-31-27-42(33-38(49)5)41-26-30-48(37(4)32-41)52(43-20-8-7-9-21-43)50-24-14-18-39-16-10-12-22-46(39)50/h7-35H,6H2,1-5H3. The second kappa shape index (κ2) is 14.5. The highest BCUT2D eigenvalue weighted by molar-refractivity contribution is 6.00. The number of para-hydroxylation sites is 1. The molecule has 53 heavy (non-hydrogen) atoms. The summed E-state index contributed by atoms with van der Waals surface area (Å²) in [6.07, 6.45) is 1.13. The van der Waals surface area contributed by atoms with Crippen molar-refractivity contribution in [3.63, 3.8) is 0 Å². The van der Waals surface area contributed by atoms with Crippen molar-refractivity contribution >= 4 is 55.7 Å². The molecule has 0 heterocycles. The van der Waals surface area contributed by atoms with E-state index in [-0.39, 0.29) is 0 Å². The van der Waals surface area contributed by atoms with Gasteiger partial charge in [-0.3, -0.25) is 0 Å². The first-order valence-corrected chi connectivity index (χ1v) is 18.8. The van der Waals surface area contributed by atoms with Gasteiger partial charge in [-0.05, 0) is 138 Å². The molecule has 2 heteroatoms. The Bertz CT molecular complexity index is 2560. The molecule has 0 aliphatic rings. The minimum atomic E-state index is 0.526. The van der Waals surface area contributed by atoms with Crippen LogP contribution in [0.15, 0.2) is 170 Å². The predicted molar refractivity (Wildman–Crippen MR) is 229 cm³/mol. The van der Waals surface area contributed by atoms with E-state index in [0.717, 1.165) is 12.1 Å². The minimum absolute atomic E-state index is 0.526. The van der Waals surface area contributed by atoms with Gasteiger partial charge in [0.2, 0.25) is 0 Å². The molecule has 8 aromatic carbocycles. The van der Waals surface area contributed by atoms with Crippen molar-refractivity contribution in [2.45, 2.75) is 47.0 Å². The molecule has 2 nitrogen and oxygen atoms in total. The van der Waals surface area contributed by atoms with Crippen LogP contribution in [0.25, 0.3) is 32.7 Å². The molecule has 1 atom stereocenters. The van der Waals surface area contributed by atoms with Gasteiger partial charge in [-0.2, -0.15) is 0 Å². The van der Waals surface area contributed by atoms with Crippen LogP contribution in [-0.2, 0) is 0 Å². The van der Waals surface area contributed by atoms with Gasteiger partial charge < -0.3 is 9.80 Å². The van der Waals surface area contributed by atoms with Crippen molar-refractivity contribution in [2.75, 3.05) is 9.80 Å². The second-order valence-electron chi connectivity index (χ2n) is 14.4. The zero-order valence-electron chi connectivity index (χ0n) is 31.3. The summed E-state index contributed by atoms with van der Waals surface area (Å²) in [6.45, 7) is 11.3. The smallest absolute Gasteiger partial charge is 0.0540 e. The van der Waals surface area contributed by atoms with E-state index in [2.05, 4.69) is 214 Å². The number of benzene rings is 8. The average molecular weight is 687 g/mol. The Morgan fingerprint density at radius 2 is 0.906 bits per heavy atom. The highest BCUT2D eigenvalue weighted by atomic mass is 15.2. The maximum atomic E-state index is 2.45. The summed E-state index contributed by atoms with van der Waals surface area (Å²) in [4.78, 5) is 4.84. The molecular weight excluding hydrogens is 641 g/mol. The summed E-state index contributed by atoms with van der Waals surface area (Å²) in [7, 11) is 0. The third kappa shape index (κ3) is 6.47. The van der Waals surface area contributed by atoms with Crippen molar-refractivity contribution in [2.24, 2.45) is 0 Å². The van der Waals surface area contributed by atoms with Crippen molar-refractivity contribution in [3.8, 4) is 11.1 Å². The van der Waals surface area contributed by atoms with Crippen LogP contribution >= 0.6 is 0 Å². The van der Waals surface area contributed by atoms with Gasteiger partial charge >= 0.3 is 0 Å². The van der Waals surface area contributed by atoms with Crippen LogP contribution < -0.4 is 9.80 Å². The van der Waals surface area contributed by atoms with Crippen LogP contribution in [0, 0.1) is 20.8 Å². The van der Waals surface area contributed by atoms with Crippen LogP contribution in [0.3, 0.4) is 0 Å². The maximum Gasteiger partial charge on any atom is 0.0540 e. The van der Waals surface area contributed by atoms with Gasteiger partial charge in [-0.25, -0.2) is 0 Å². The zero-order valence-corrected chi connectivity index (χ0v) is 31.3. The first-order chi connectivity index (χ1) is 25.9. The van der Waals surface area contributed by atoms with E-state index in [9.17, 15) is 0 Å². The lowest BCUT2D eigenvalue weighted by Gasteiger charge is -2.30. The third-order valence-corrected chi connectivity index (χ3v) is 10.9. The van der Waals surface area contributed by atoms with Gasteiger partial charge in [0.05, 0.1) is 11.4 Å². The van der Waals surface area contributed by atoms with Crippen LogP contribution in [-0.4, -0.2) is 0 Å². The van der Waals surface area contributed by atoms with Gasteiger partial charge in [-0.15, -0.1) is 0 Å². The lowest BCUT2D eigenvalue weighted by molar-refractivity contribution is 0.728. The third-order valence-electron chi connectivity index (χ3n) is 10.9. The highest BCUT2D eigenvalue weighted by Gasteiger charge is 2.21. The van der Waals surface area contributed by atoms with Gasteiger partial charge in [0.1, 0.15) is 0 Å².